The highest BCUT2D eigenvalue weighted by Crippen LogP contribution is 2.32. The molecule has 0 bridgehead atoms. The van der Waals surface area contributed by atoms with Crippen molar-refractivity contribution in [3.05, 3.63) is 76.5 Å². The Morgan fingerprint density at radius 2 is 1.61 bits per heavy atom. The summed E-state index contributed by atoms with van der Waals surface area (Å²) in [7, 11) is 0. The average molecular weight is 379 g/mol. The Bertz CT molecular complexity index is 770. The van der Waals surface area contributed by atoms with Crippen LogP contribution in [0.3, 0.4) is 0 Å². The Labute approximate surface area is 172 Å². The van der Waals surface area contributed by atoms with Crippen LogP contribution in [-0.4, -0.2) is 11.5 Å². The van der Waals surface area contributed by atoms with Crippen LogP contribution in [0.25, 0.3) is 5.57 Å². The predicted molar refractivity (Wildman–Crippen MR) is 126 cm³/mol. The second-order valence-electron chi connectivity index (χ2n) is 7.03. The first-order valence-electron chi connectivity index (χ1n) is 10.6. The fourth-order valence-corrected chi connectivity index (χ4v) is 3.03. The summed E-state index contributed by atoms with van der Waals surface area (Å²) in [5.74, 6) is 1.00. The second-order valence-corrected chi connectivity index (χ2v) is 7.03. The van der Waals surface area contributed by atoms with Crippen molar-refractivity contribution in [1.29, 1.82) is 0 Å². The lowest BCUT2D eigenvalue weighted by atomic mass is 9.90. The molecule has 0 aliphatic heterocycles. The Morgan fingerprint density at radius 1 is 0.929 bits per heavy atom. The van der Waals surface area contributed by atoms with Gasteiger partial charge in [-0.05, 0) is 75.8 Å². The maximum absolute atomic E-state index is 4.78. The van der Waals surface area contributed by atoms with Gasteiger partial charge < -0.3 is 5.32 Å². The average Bonchev–Trinajstić information content (AvgIpc) is 2.71. The number of pyridine rings is 1. The molecular weight excluding hydrogens is 340 g/mol. The largest absolute Gasteiger partial charge is 0.370 e. The highest BCUT2D eigenvalue weighted by Gasteiger charge is 2.13. The van der Waals surface area contributed by atoms with Gasteiger partial charge in [0, 0.05) is 6.54 Å². The van der Waals surface area contributed by atoms with E-state index in [4.69, 9.17) is 4.98 Å². The van der Waals surface area contributed by atoms with E-state index in [0.717, 1.165) is 37.3 Å². The molecule has 0 radical (unpaired) electrons. The minimum Gasteiger partial charge on any atom is -0.370 e. The van der Waals surface area contributed by atoms with Crippen molar-refractivity contribution in [2.75, 3.05) is 11.9 Å². The van der Waals surface area contributed by atoms with Crippen molar-refractivity contribution in [3.8, 4) is 0 Å². The molecule has 1 aromatic carbocycles. The number of anilines is 1. The van der Waals surface area contributed by atoms with Crippen LogP contribution in [0.5, 0.6) is 0 Å². The summed E-state index contributed by atoms with van der Waals surface area (Å²) in [6.45, 7) is 15.8. The molecule has 0 amide bonds. The van der Waals surface area contributed by atoms with Crippen LogP contribution in [0.1, 0.15) is 70.7 Å². The van der Waals surface area contributed by atoms with Gasteiger partial charge in [0.25, 0.3) is 0 Å². The normalized spacial score (nSPS) is 12.9. The van der Waals surface area contributed by atoms with Gasteiger partial charge in [0.1, 0.15) is 5.82 Å². The molecule has 152 valence electrons. The number of hydrogen-bond acceptors (Lipinski definition) is 2. The molecule has 1 N–H and O–H groups in total. The van der Waals surface area contributed by atoms with Crippen LogP contribution in [-0.2, 0) is 0 Å². The predicted octanol–water partition coefficient (Wildman–Crippen LogP) is 7.75. The van der Waals surface area contributed by atoms with Gasteiger partial charge in [-0.25, -0.2) is 4.98 Å². The molecule has 28 heavy (non-hydrogen) atoms. The summed E-state index contributed by atoms with van der Waals surface area (Å²) in [6, 6.07) is 14.6. The number of allylic oxidation sites excluding steroid dienone is 4. The molecule has 2 heteroatoms. The van der Waals surface area contributed by atoms with Crippen LogP contribution in [0.15, 0.2) is 59.7 Å². The number of rotatable bonds is 4. The molecule has 2 nitrogen and oxygen atoms in total. The molecular formula is C26H38N2. The van der Waals surface area contributed by atoms with E-state index in [1.807, 2.05) is 32.0 Å². The third kappa shape index (κ3) is 7.72. The summed E-state index contributed by atoms with van der Waals surface area (Å²) in [5, 5.41) is 3.39. The van der Waals surface area contributed by atoms with E-state index in [2.05, 4.69) is 70.3 Å². The van der Waals surface area contributed by atoms with E-state index in [9.17, 15) is 0 Å². The molecule has 0 saturated heterocycles. The van der Waals surface area contributed by atoms with Crippen LogP contribution < -0.4 is 5.32 Å². The Kier molecular flexibility index (Phi) is 10.9. The fraction of sp³-hybridized carbons (Fsp3) is 0.423. The van der Waals surface area contributed by atoms with Crippen molar-refractivity contribution in [2.24, 2.45) is 0 Å². The van der Waals surface area contributed by atoms with Crippen molar-refractivity contribution in [2.45, 2.75) is 67.7 Å². The highest BCUT2D eigenvalue weighted by molar-refractivity contribution is 5.72. The number of nitrogens with one attached hydrogen (secondary N) is 1. The first-order chi connectivity index (χ1) is 13.5. The minimum atomic E-state index is 0.979. The summed E-state index contributed by atoms with van der Waals surface area (Å²) >= 11 is 0. The maximum atomic E-state index is 4.78. The zero-order valence-electron chi connectivity index (χ0n) is 18.9. The van der Waals surface area contributed by atoms with E-state index < -0.39 is 0 Å². The van der Waals surface area contributed by atoms with Gasteiger partial charge in [0.2, 0.25) is 0 Å². The Balaban J connectivity index is 0.000000363. The first kappa shape index (κ1) is 23.7. The van der Waals surface area contributed by atoms with Gasteiger partial charge in [-0.1, -0.05) is 68.3 Å². The van der Waals surface area contributed by atoms with Gasteiger partial charge in [-0.2, -0.15) is 0 Å². The summed E-state index contributed by atoms with van der Waals surface area (Å²) < 4.78 is 0. The number of benzene rings is 1. The third-order valence-corrected chi connectivity index (χ3v) is 4.66. The molecule has 1 heterocycles. The SMILES string of the molecule is CC.CCCNc1cc(C)cc(C2=C(C)C(C)=CCC2)n1.Cc1ccccc1. The van der Waals surface area contributed by atoms with Gasteiger partial charge >= 0.3 is 0 Å². The molecule has 0 spiro atoms. The molecule has 1 aliphatic carbocycles. The molecule has 0 saturated carbocycles. The summed E-state index contributed by atoms with van der Waals surface area (Å²) in [5.41, 5.74) is 7.93. The lowest BCUT2D eigenvalue weighted by molar-refractivity contribution is 0.960. The van der Waals surface area contributed by atoms with Crippen LogP contribution >= 0.6 is 0 Å². The highest BCUT2D eigenvalue weighted by atomic mass is 15.0. The van der Waals surface area contributed by atoms with Crippen molar-refractivity contribution in [1.82, 2.24) is 4.98 Å². The molecule has 3 rings (SSSR count). The molecule has 1 aliphatic rings. The van der Waals surface area contributed by atoms with Crippen molar-refractivity contribution in [3.63, 3.8) is 0 Å². The zero-order valence-corrected chi connectivity index (χ0v) is 18.9. The van der Waals surface area contributed by atoms with E-state index in [-0.39, 0.29) is 0 Å². The first-order valence-corrected chi connectivity index (χ1v) is 10.6. The van der Waals surface area contributed by atoms with Gasteiger partial charge in [-0.15, -0.1) is 0 Å². The number of hydrogen-bond donors (Lipinski definition) is 1. The fourth-order valence-electron chi connectivity index (χ4n) is 3.03. The van der Waals surface area contributed by atoms with E-state index in [0.29, 0.717) is 0 Å². The number of aromatic nitrogens is 1. The lowest BCUT2D eigenvalue weighted by Gasteiger charge is -2.18. The number of aryl methyl sites for hydroxylation is 2. The number of nitrogens with zero attached hydrogens (tertiary/aromatic N) is 1. The minimum absolute atomic E-state index is 0.979. The standard InChI is InChI=1S/C17H24N2.C7H8.C2H6/c1-5-9-18-17-11-12(2)10-16(19-17)15-8-6-7-13(3)14(15)4;1-7-5-3-2-4-6-7;1-2/h7,10-11H,5-6,8-9H2,1-4H3,(H,18,19);2-6H,1H3;1-2H3. The summed E-state index contributed by atoms with van der Waals surface area (Å²) in [6.07, 6.45) is 5.68. The molecule has 0 fully saturated rings. The van der Waals surface area contributed by atoms with Crippen molar-refractivity contribution < 1.29 is 0 Å². The topological polar surface area (TPSA) is 24.9 Å². The quantitative estimate of drug-likeness (QED) is 0.588. The zero-order chi connectivity index (χ0) is 20.9. The molecule has 0 atom stereocenters. The Morgan fingerprint density at radius 3 is 2.18 bits per heavy atom. The van der Waals surface area contributed by atoms with Crippen LogP contribution in [0.2, 0.25) is 0 Å². The third-order valence-electron chi connectivity index (χ3n) is 4.66. The smallest absolute Gasteiger partial charge is 0.126 e. The molecule has 1 aromatic heterocycles. The van der Waals surface area contributed by atoms with Gasteiger partial charge in [0.05, 0.1) is 5.69 Å². The van der Waals surface area contributed by atoms with Gasteiger partial charge in [-0.3, -0.25) is 0 Å². The molecule has 0 unspecified atom stereocenters. The molecule has 2 aromatic rings. The Hall–Kier alpha value is -2.35. The van der Waals surface area contributed by atoms with E-state index >= 15 is 0 Å². The van der Waals surface area contributed by atoms with E-state index in [1.165, 1.54) is 27.8 Å². The van der Waals surface area contributed by atoms with Crippen LogP contribution in [0.4, 0.5) is 5.82 Å². The monoisotopic (exact) mass is 378 g/mol. The van der Waals surface area contributed by atoms with Crippen LogP contribution in [0, 0.1) is 13.8 Å². The maximum Gasteiger partial charge on any atom is 0.126 e. The van der Waals surface area contributed by atoms with Crippen molar-refractivity contribution >= 4 is 11.4 Å². The lowest BCUT2D eigenvalue weighted by Crippen LogP contribution is -2.05. The summed E-state index contributed by atoms with van der Waals surface area (Å²) in [4.78, 5) is 4.78. The van der Waals surface area contributed by atoms with E-state index in [1.54, 1.807) is 0 Å². The second kappa shape index (κ2) is 12.9. The van der Waals surface area contributed by atoms with Gasteiger partial charge in [0.15, 0.2) is 0 Å².